The Morgan fingerprint density at radius 3 is 2.42 bits per heavy atom. The SMILES string of the molecule is CC(=O)c1c(C)oc(NC(=O)CCOc2ccccc2)c1C(N)=O. The minimum Gasteiger partial charge on any atom is -0.493 e. The topological polar surface area (TPSA) is 112 Å². The molecule has 0 bridgehead atoms. The Bertz CT molecular complexity index is 765. The molecule has 7 heteroatoms. The van der Waals surface area contributed by atoms with Crippen LogP contribution in [-0.2, 0) is 4.79 Å². The van der Waals surface area contributed by atoms with Crippen LogP contribution in [0.15, 0.2) is 34.7 Å². The summed E-state index contributed by atoms with van der Waals surface area (Å²) in [6, 6.07) is 9.06. The molecule has 0 atom stereocenters. The number of benzene rings is 1. The Morgan fingerprint density at radius 2 is 1.83 bits per heavy atom. The lowest BCUT2D eigenvalue weighted by atomic mass is 10.1. The van der Waals surface area contributed by atoms with Gasteiger partial charge in [-0.25, -0.2) is 0 Å². The molecule has 0 spiro atoms. The molecule has 2 rings (SSSR count). The quantitative estimate of drug-likeness (QED) is 0.757. The number of hydrogen-bond acceptors (Lipinski definition) is 5. The van der Waals surface area contributed by atoms with Crippen molar-refractivity contribution in [3.63, 3.8) is 0 Å². The molecule has 2 amide bonds. The Labute approximate surface area is 138 Å². The molecule has 1 aromatic heterocycles. The molecule has 0 saturated carbocycles. The monoisotopic (exact) mass is 330 g/mol. The number of nitrogens with one attached hydrogen (secondary N) is 1. The van der Waals surface area contributed by atoms with Crippen LogP contribution >= 0.6 is 0 Å². The van der Waals surface area contributed by atoms with Gasteiger partial charge in [0.1, 0.15) is 17.1 Å². The van der Waals surface area contributed by atoms with Gasteiger partial charge in [0.2, 0.25) is 11.8 Å². The lowest BCUT2D eigenvalue weighted by molar-refractivity contribution is -0.116. The number of ketones is 1. The van der Waals surface area contributed by atoms with Crippen molar-refractivity contribution in [3.8, 4) is 5.75 Å². The maximum Gasteiger partial charge on any atom is 0.255 e. The number of hydrogen-bond donors (Lipinski definition) is 2. The summed E-state index contributed by atoms with van der Waals surface area (Å²) in [5, 5.41) is 2.46. The van der Waals surface area contributed by atoms with Crippen LogP contribution in [0, 0.1) is 6.92 Å². The Balaban J connectivity index is 2.02. The predicted octanol–water partition coefficient (Wildman–Crippen LogP) is 2.30. The number of ether oxygens (including phenoxy) is 1. The van der Waals surface area contributed by atoms with E-state index in [2.05, 4.69) is 5.32 Å². The average molecular weight is 330 g/mol. The van der Waals surface area contributed by atoms with Crippen molar-refractivity contribution in [2.24, 2.45) is 5.73 Å². The van der Waals surface area contributed by atoms with Gasteiger partial charge >= 0.3 is 0 Å². The standard InChI is InChI=1S/C17H18N2O5/c1-10(20)14-11(2)24-17(15(14)16(18)22)19-13(21)8-9-23-12-6-4-3-5-7-12/h3-7H,8-9H2,1-2H3,(H2,18,22)(H,19,21). The third-order valence-electron chi connectivity index (χ3n) is 3.28. The zero-order valence-corrected chi connectivity index (χ0v) is 13.4. The summed E-state index contributed by atoms with van der Waals surface area (Å²) in [5.41, 5.74) is 5.26. The molecule has 3 N–H and O–H groups in total. The van der Waals surface area contributed by atoms with Gasteiger partial charge in [0.25, 0.3) is 5.91 Å². The molecule has 1 heterocycles. The van der Waals surface area contributed by atoms with E-state index in [1.807, 2.05) is 18.2 Å². The van der Waals surface area contributed by atoms with Crippen LogP contribution in [0.1, 0.15) is 39.8 Å². The van der Waals surface area contributed by atoms with Gasteiger partial charge in [0.15, 0.2) is 5.78 Å². The highest BCUT2D eigenvalue weighted by Crippen LogP contribution is 2.27. The second-order valence-electron chi connectivity index (χ2n) is 5.12. The highest BCUT2D eigenvalue weighted by Gasteiger charge is 2.26. The Morgan fingerprint density at radius 1 is 1.17 bits per heavy atom. The third-order valence-corrected chi connectivity index (χ3v) is 3.28. The fourth-order valence-electron chi connectivity index (χ4n) is 2.26. The highest BCUT2D eigenvalue weighted by atomic mass is 16.5. The highest BCUT2D eigenvalue weighted by molar-refractivity contribution is 6.11. The van der Waals surface area contributed by atoms with Gasteiger partial charge in [-0.1, -0.05) is 18.2 Å². The molecular formula is C17H18N2O5. The summed E-state index contributed by atoms with van der Waals surface area (Å²) in [6.07, 6.45) is 0.0439. The molecule has 1 aromatic carbocycles. The van der Waals surface area contributed by atoms with E-state index < -0.39 is 11.8 Å². The maximum atomic E-state index is 12.0. The fraction of sp³-hybridized carbons (Fsp3) is 0.235. The second-order valence-corrected chi connectivity index (χ2v) is 5.12. The van der Waals surface area contributed by atoms with Crippen LogP contribution in [0.25, 0.3) is 0 Å². The van der Waals surface area contributed by atoms with E-state index in [9.17, 15) is 14.4 Å². The lowest BCUT2D eigenvalue weighted by Gasteiger charge is -2.06. The van der Waals surface area contributed by atoms with Gasteiger partial charge in [-0.2, -0.15) is 0 Å². The zero-order chi connectivity index (χ0) is 17.7. The van der Waals surface area contributed by atoms with Crippen molar-refractivity contribution < 1.29 is 23.5 Å². The first-order valence-electron chi connectivity index (χ1n) is 7.32. The van der Waals surface area contributed by atoms with Crippen LogP contribution < -0.4 is 15.8 Å². The molecule has 0 unspecified atom stereocenters. The number of furan rings is 1. The van der Waals surface area contributed by atoms with Crippen molar-refractivity contribution in [3.05, 3.63) is 47.2 Å². The molecule has 0 aliphatic heterocycles. The van der Waals surface area contributed by atoms with Gasteiger partial charge in [0.05, 0.1) is 18.6 Å². The number of para-hydroxylation sites is 1. The molecule has 0 radical (unpaired) electrons. The van der Waals surface area contributed by atoms with Crippen molar-refractivity contribution in [1.82, 2.24) is 0 Å². The van der Waals surface area contributed by atoms with E-state index in [-0.39, 0.29) is 41.6 Å². The van der Waals surface area contributed by atoms with Crippen LogP contribution in [0.2, 0.25) is 0 Å². The average Bonchev–Trinajstić information content (AvgIpc) is 2.84. The summed E-state index contributed by atoms with van der Waals surface area (Å²) in [5.74, 6) is -0.860. The minimum atomic E-state index is -0.840. The minimum absolute atomic E-state index is 0.0439. The van der Waals surface area contributed by atoms with E-state index in [1.165, 1.54) is 13.8 Å². The summed E-state index contributed by atoms with van der Waals surface area (Å²) in [4.78, 5) is 35.2. The van der Waals surface area contributed by atoms with Gasteiger partial charge < -0.3 is 14.9 Å². The van der Waals surface area contributed by atoms with E-state index in [0.29, 0.717) is 5.75 Å². The number of aryl methyl sites for hydroxylation is 1. The lowest BCUT2D eigenvalue weighted by Crippen LogP contribution is -2.20. The molecule has 7 nitrogen and oxygen atoms in total. The zero-order valence-electron chi connectivity index (χ0n) is 13.4. The van der Waals surface area contributed by atoms with Crippen LogP contribution in [0.4, 0.5) is 5.88 Å². The van der Waals surface area contributed by atoms with Gasteiger partial charge in [-0.3, -0.25) is 19.7 Å². The molecule has 24 heavy (non-hydrogen) atoms. The van der Waals surface area contributed by atoms with Gasteiger partial charge in [-0.05, 0) is 26.0 Å². The number of Topliss-reactive ketones (excluding diaryl/α,β-unsaturated/α-hetero) is 1. The Kier molecular flexibility index (Phi) is 5.36. The normalized spacial score (nSPS) is 10.2. The maximum absolute atomic E-state index is 12.0. The molecule has 0 aliphatic carbocycles. The first-order chi connectivity index (χ1) is 11.4. The number of carbonyl (C=O) groups excluding carboxylic acids is 3. The van der Waals surface area contributed by atoms with Crippen molar-refractivity contribution in [2.75, 3.05) is 11.9 Å². The first kappa shape index (κ1) is 17.3. The van der Waals surface area contributed by atoms with E-state index in [1.54, 1.807) is 12.1 Å². The summed E-state index contributed by atoms with van der Waals surface area (Å²) in [7, 11) is 0. The fourth-order valence-corrected chi connectivity index (χ4v) is 2.26. The number of anilines is 1. The molecule has 126 valence electrons. The molecule has 0 aliphatic rings. The number of carbonyl (C=O) groups is 3. The molecular weight excluding hydrogens is 312 g/mol. The van der Waals surface area contributed by atoms with Gasteiger partial charge in [0, 0.05) is 0 Å². The van der Waals surface area contributed by atoms with Crippen molar-refractivity contribution in [2.45, 2.75) is 20.3 Å². The molecule has 0 saturated heterocycles. The van der Waals surface area contributed by atoms with E-state index in [0.717, 1.165) is 0 Å². The third kappa shape index (κ3) is 4.01. The first-order valence-corrected chi connectivity index (χ1v) is 7.32. The predicted molar refractivity (Wildman–Crippen MR) is 87.2 cm³/mol. The van der Waals surface area contributed by atoms with Crippen LogP contribution in [0.5, 0.6) is 5.75 Å². The van der Waals surface area contributed by atoms with E-state index in [4.69, 9.17) is 14.9 Å². The van der Waals surface area contributed by atoms with Gasteiger partial charge in [-0.15, -0.1) is 0 Å². The van der Waals surface area contributed by atoms with Crippen LogP contribution in [0.3, 0.4) is 0 Å². The number of nitrogens with two attached hydrogens (primary N) is 1. The smallest absolute Gasteiger partial charge is 0.255 e. The largest absolute Gasteiger partial charge is 0.493 e. The number of amides is 2. The number of rotatable bonds is 7. The van der Waals surface area contributed by atoms with Crippen molar-refractivity contribution >= 4 is 23.5 Å². The molecule has 0 fully saturated rings. The van der Waals surface area contributed by atoms with E-state index >= 15 is 0 Å². The van der Waals surface area contributed by atoms with Crippen molar-refractivity contribution in [1.29, 1.82) is 0 Å². The summed E-state index contributed by atoms with van der Waals surface area (Å²) in [6.45, 7) is 2.97. The molecule has 2 aromatic rings. The summed E-state index contributed by atoms with van der Waals surface area (Å²) >= 11 is 0. The van der Waals surface area contributed by atoms with Crippen LogP contribution in [-0.4, -0.2) is 24.2 Å². The summed E-state index contributed by atoms with van der Waals surface area (Å²) < 4.78 is 10.7. The number of primary amides is 1. The Hall–Kier alpha value is -3.09. The second kappa shape index (κ2) is 7.45.